The van der Waals surface area contributed by atoms with Crippen molar-refractivity contribution >= 4 is 79.6 Å². The summed E-state index contributed by atoms with van der Waals surface area (Å²) in [6.07, 6.45) is 0. The lowest BCUT2D eigenvalue weighted by Gasteiger charge is -2.18. The summed E-state index contributed by atoms with van der Waals surface area (Å²) in [4.78, 5) is 0. The molecule has 0 bridgehead atoms. The van der Waals surface area contributed by atoms with Crippen LogP contribution in [0.1, 0.15) is 28.2 Å². The number of phenols is 1. The lowest BCUT2D eigenvalue weighted by Crippen LogP contribution is -2.38. The van der Waals surface area contributed by atoms with E-state index in [9.17, 15) is 28.3 Å². The Hall–Kier alpha value is -8.33. The number of nitrogens with one attached hydrogen (secondary N) is 1. The molecule has 0 spiro atoms. The van der Waals surface area contributed by atoms with Gasteiger partial charge < -0.3 is 48.3 Å². The van der Waals surface area contributed by atoms with Crippen LogP contribution >= 0.6 is 50.7 Å². The smallest absolute Gasteiger partial charge is 0.507 e. The first-order valence-electron chi connectivity index (χ1n) is 32.9. The van der Waals surface area contributed by atoms with Gasteiger partial charge in [0.25, 0.3) is 0 Å². The maximum absolute atomic E-state index is 14.7. The van der Waals surface area contributed by atoms with E-state index in [0.717, 1.165) is 97.1 Å². The molecule has 0 unspecified atom stereocenters. The number of H-pyrrole nitrogens is 1. The molecule has 4 N–H and O–H groups in total. The van der Waals surface area contributed by atoms with E-state index in [1.54, 1.807) is 27.4 Å². The van der Waals surface area contributed by atoms with Crippen molar-refractivity contribution in [3.05, 3.63) is 235 Å². The highest BCUT2D eigenvalue weighted by Crippen LogP contribution is 2.44. The van der Waals surface area contributed by atoms with Crippen LogP contribution in [0.4, 0.5) is 13.2 Å². The quantitative estimate of drug-likeness (QED) is 0.0240. The second kappa shape index (κ2) is 37.4. The predicted octanol–water partition coefficient (Wildman–Crippen LogP) is 19.5. The summed E-state index contributed by atoms with van der Waals surface area (Å²) in [5, 5.41) is 46.2. The Kier molecular flexibility index (Phi) is 29.2. The summed E-state index contributed by atoms with van der Waals surface area (Å²) in [7, 11) is 0.805. The number of aryl methyl sites for hydroxylation is 3. The highest BCUT2D eigenvalue weighted by molar-refractivity contribution is 9.10. The number of aromatic nitrogens is 6. The van der Waals surface area contributed by atoms with E-state index in [1.807, 2.05) is 159 Å². The van der Waals surface area contributed by atoms with Gasteiger partial charge in [0, 0.05) is 81.1 Å². The largest absolute Gasteiger partial charge is 0.508 e. The molecule has 542 valence electrons. The third-order valence-corrected chi connectivity index (χ3v) is 21.0. The topological polar surface area (TPSA) is 190 Å². The van der Waals surface area contributed by atoms with Crippen molar-refractivity contribution in [2.24, 2.45) is 0 Å². The summed E-state index contributed by atoms with van der Waals surface area (Å²) in [5.41, 5.74) is 12.1. The zero-order valence-electron chi connectivity index (χ0n) is 59.5. The summed E-state index contributed by atoms with van der Waals surface area (Å²) >= 11 is 21.1. The van der Waals surface area contributed by atoms with E-state index >= 15 is 0 Å². The molecule has 0 radical (unpaired) electrons. The number of aromatic hydroxyl groups is 1. The van der Waals surface area contributed by atoms with Crippen LogP contribution in [0.15, 0.2) is 174 Å². The Morgan fingerprint density at radius 2 is 0.922 bits per heavy atom. The molecule has 0 amide bonds. The van der Waals surface area contributed by atoms with Gasteiger partial charge >= 0.3 is 7.12 Å². The number of hydrogen-bond donors (Lipinski definition) is 4. The lowest BCUT2D eigenvalue weighted by atomic mass is 9.80. The van der Waals surface area contributed by atoms with E-state index in [0.29, 0.717) is 63.8 Å². The van der Waals surface area contributed by atoms with Crippen LogP contribution < -0.4 is 29.3 Å². The Bertz CT molecular complexity index is 4570. The van der Waals surface area contributed by atoms with Gasteiger partial charge in [-0.2, -0.15) is 15.3 Å². The molecule has 0 aliphatic carbocycles. The van der Waals surface area contributed by atoms with Crippen LogP contribution in [0.2, 0.25) is 66.4 Å². The molecular weight excluding hydrogens is 1480 g/mol. The molecule has 3 aromatic heterocycles. The van der Waals surface area contributed by atoms with Gasteiger partial charge in [0.1, 0.15) is 84.3 Å². The minimum absolute atomic E-state index is 0.0118. The molecule has 11 aromatic rings. The molecule has 0 saturated carbocycles. The summed E-state index contributed by atoms with van der Waals surface area (Å²) in [6.45, 7) is 21.9. The maximum Gasteiger partial charge on any atom is 0.508 e. The number of phenolic OH excluding ortho intramolecular Hbond substituents is 1. The summed E-state index contributed by atoms with van der Waals surface area (Å²) in [6, 6.07) is 52.3. The fourth-order valence-corrected chi connectivity index (χ4v) is 13.2. The zero-order valence-corrected chi connectivity index (χ0v) is 65.3. The Morgan fingerprint density at radius 3 is 1.40 bits per heavy atom. The number of hydrogen-bond acceptors (Lipinski definition) is 13. The highest BCUT2D eigenvalue weighted by Gasteiger charge is 2.28. The van der Waals surface area contributed by atoms with Crippen LogP contribution in [0.3, 0.4) is 0 Å². The number of methoxy groups -OCH3 is 3. The molecule has 16 nitrogen and oxygen atoms in total. The molecule has 0 saturated heterocycles. The van der Waals surface area contributed by atoms with Gasteiger partial charge in [0.15, 0.2) is 0 Å². The molecule has 103 heavy (non-hydrogen) atoms. The molecule has 0 fully saturated rings. The molecule has 26 heteroatoms. The Labute approximate surface area is 625 Å². The number of rotatable bonds is 25. The van der Waals surface area contributed by atoms with Crippen molar-refractivity contribution in [3.8, 4) is 90.4 Å². The SMILES string of the molecule is COc1ccc(-c2c(-c3cc(Cl)c(F)cc3O)n[nH]c2C)cc1.COc1ccc(-c2c(C)nn(COCC[Si](C)(C)C)c2-c2cc(Cl)c(F)cc2OCc2ccccc2)cc1.COc1ccc(-c2c(C)nn(COCC[Si](C)(C)C)c2B(O)O)cc1.Fc1cc(OCc2ccccc2)c(Br)cc1Cl. The van der Waals surface area contributed by atoms with Crippen LogP contribution in [0, 0.1) is 38.2 Å². The van der Waals surface area contributed by atoms with E-state index in [4.69, 9.17) is 73.1 Å². The fraction of sp³-hybridized carbons (Fsp3) is 0.260. The van der Waals surface area contributed by atoms with Gasteiger partial charge in [0.05, 0.1) is 63.5 Å². The van der Waals surface area contributed by atoms with E-state index in [-0.39, 0.29) is 40.9 Å². The van der Waals surface area contributed by atoms with Crippen LogP contribution in [-0.2, 0) is 36.1 Å². The minimum atomic E-state index is -1.63. The van der Waals surface area contributed by atoms with Crippen molar-refractivity contribution in [1.29, 1.82) is 0 Å². The van der Waals surface area contributed by atoms with Crippen molar-refractivity contribution in [1.82, 2.24) is 29.8 Å². The van der Waals surface area contributed by atoms with Crippen molar-refractivity contribution in [3.63, 3.8) is 0 Å². The highest BCUT2D eigenvalue weighted by atomic mass is 79.9. The fourth-order valence-electron chi connectivity index (χ4n) is 10.6. The molecule has 0 atom stereocenters. The van der Waals surface area contributed by atoms with E-state index < -0.39 is 40.7 Å². The van der Waals surface area contributed by atoms with Crippen LogP contribution in [-0.4, -0.2) is 103 Å². The normalized spacial score (nSPS) is 11.2. The number of ether oxygens (including phenoxy) is 7. The third kappa shape index (κ3) is 22.6. The third-order valence-electron chi connectivity index (χ3n) is 16.1. The number of nitrogens with zero attached hydrogens (tertiary/aromatic N) is 5. The van der Waals surface area contributed by atoms with Crippen LogP contribution in [0.25, 0.3) is 55.9 Å². The van der Waals surface area contributed by atoms with Gasteiger partial charge in [0.2, 0.25) is 0 Å². The molecule has 8 aromatic carbocycles. The lowest BCUT2D eigenvalue weighted by molar-refractivity contribution is 0.0795. The molecule has 3 heterocycles. The van der Waals surface area contributed by atoms with Crippen LogP contribution in [0.5, 0.6) is 34.5 Å². The monoisotopic (exact) mass is 1560 g/mol. The first-order valence-corrected chi connectivity index (χ1v) is 42.2. The van der Waals surface area contributed by atoms with Crippen molar-refractivity contribution in [2.45, 2.75) is 98.8 Å². The standard InChI is InChI=1S/C30H34ClFN2O3Si.C17H27BN2O4Si.C17H14ClFN2O2.C13H9BrClFO/c1-21-29(23-11-13-24(35-2)14-12-23)30(34(33-21)20-36-15-16-38(3,4)5)25-17-26(31)27(32)18-28(25)37-19-22-9-7-6-8-10-22;1-13-16(14-6-8-15(23-2)9-7-14)17(18(21)22)20(19-13)12-24-10-11-25(3,4)5;1-9-16(10-3-5-11(23-2)6-4-10)17(21-20-9)12-7-13(18)14(19)8-15(12)22;14-10-6-11(15)12(16)7-13(10)17-8-9-4-2-1-3-5-9/h6-14,17-18H,15-16,19-20H2,1-5H3;6-9,21-22H,10-12H2,1-5H3;3-8,22H,1-2H3,(H,20,21);1-7H,8H2. The Balaban J connectivity index is 0.000000182. The first kappa shape index (κ1) is 80.4. The predicted molar refractivity (Wildman–Crippen MR) is 414 cm³/mol. The van der Waals surface area contributed by atoms with Gasteiger partial charge in [-0.25, -0.2) is 22.5 Å². The van der Waals surface area contributed by atoms with Gasteiger partial charge in [-0.3, -0.25) is 5.10 Å². The maximum atomic E-state index is 14.7. The average Bonchev–Trinajstić information content (AvgIpc) is 1.66. The summed E-state index contributed by atoms with van der Waals surface area (Å²) < 4.78 is 84.6. The molecule has 0 aliphatic heterocycles. The molecular formula is C77H84BBrCl3F3N6O10Si2. The number of halogens is 7. The number of benzene rings is 8. The zero-order chi connectivity index (χ0) is 74.7. The van der Waals surface area contributed by atoms with Gasteiger partial charge in [-0.15, -0.1) is 0 Å². The van der Waals surface area contributed by atoms with E-state index in [1.165, 1.54) is 28.9 Å². The van der Waals surface area contributed by atoms with Gasteiger partial charge in [-0.1, -0.05) is 171 Å². The number of aromatic amines is 1. The Morgan fingerprint density at radius 1 is 0.515 bits per heavy atom. The van der Waals surface area contributed by atoms with E-state index in [2.05, 4.69) is 70.5 Å². The minimum Gasteiger partial charge on any atom is -0.507 e. The second-order valence-electron chi connectivity index (χ2n) is 26.3. The second-order valence-corrected chi connectivity index (χ2v) is 39.6. The van der Waals surface area contributed by atoms with Crippen molar-refractivity contribution in [2.75, 3.05) is 34.5 Å². The summed E-state index contributed by atoms with van der Waals surface area (Å²) in [5.74, 6) is 1.14. The van der Waals surface area contributed by atoms with Crippen molar-refractivity contribution < 1.29 is 61.5 Å². The average molecular weight is 1560 g/mol. The molecule has 11 rings (SSSR count). The van der Waals surface area contributed by atoms with Gasteiger partial charge in [-0.05, 0) is 131 Å². The molecule has 0 aliphatic rings. The first-order chi connectivity index (χ1) is 49.1.